The molecule has 160 valence electrons. The molecular weight excluding hydrogens is 412 g/mol. The number of rotatable bonds is 4. The van der Waals surface area contributed by atoms with Gasteiger partial charge in [0.15, 0.2) is 0 Å². The molecule has 0 atom stereocenters. The lowest BCUT2D eigenvalue weighted by molar-refractivity contribution is 1.31. The standard InChI is InChI=1S/C32H28Si/c1-33(2,31-27-17-9-15-25(27)19-21-29(31)23-11-5-3-6-12-23)32-28-18-10-16-26(28)20-22-30(32)24-13-7-4-8-14-24/h3-16,19-22H,17-18H2,1-2H3. The van der Waals surface area contributed by atoms with Gasteiger partial charge in [0, 0.05) is 0 Å². The van der Waals surface area contributed by atoms with E-state index in [4.69, 9.17) is 0 Å². The van der Waals surface area contributed by atoms with Gasteiger partial charge in [-0.05, 0) is 67.7 Å². The number of hydrogen-bond donors (Lipinski definition) is 0. The molecule has 0 amide bonds. The van der Waals surface area contributed by atoms with Gasteiger partial charge in [-0.2, -0.15) is 0 Å². The lowest BCUT2D eigenvalue weighted by Crippen LogP contribution is -2.57. The summed E-state index contributed by atoms with van der Waals surface area (Å²) in [6.45, 7) is 5.15. The Labute approximate surface area is 198 Å². The van der Waals surface area contributed by atoms with Crippen molar-refractivity contribution in [2.45, 2.75) is 25.9 Å². The van der Waals surface area contributed by atoms with Gasteiger partial charge in [0.05, 0.1) is 0 Å². The van der Waals surface area contributed by atoms with Crippen LogP contribution in [0.1, 0.15) is 22.3 Å². The molecule has 0 unspecified atom stereocenters. The minimum absolute atomic E-state index is 1.04. The van der Waals surface area contributed by atoms with E-state index in [1.165, 1.54) is 44.5 Å². The molecule has 0 bridgehead atoms. The quantitative estimate of drug-likeness (QED) is 0.300. The maximum atomic E-state index is 2.58. The van der Waals surface area contributed by atoms with E-state index < -0.39 is 8.07 Å². The predicted octanol–water partition coefficient (Wildman–Crippen LogP) is 6.98. The van der Waals surface area contributed by atoms with Crippen LogP contribution in [0.4, 0.5) is 0 Å². The average molecular weight is 441 g/mol. The zero-order chi connectivity index (χ0) is 22.4. The Morgan fingerprint density at radius 3 is 1.36 bits per heavy atom. The minimum Gasteiger partial charge on any atom is -0.0795 e. The Balaban J connectivity index is 1.66. The summed E-state index contributed by atoms with van der Waals surface area (Å²) in [5.74, 6) is 0. The first kappa shape index (κ1) is 20.2. The van der Waals surface area contributed by atoms with E-state index >= 15 is 0 Å². The van der Waals surface area contributed by atoms with Gasteiger partial charge in [-0.3, -0.25) is 0 Å². The Hall–Kier alpha value is -3.42. The Morgan fingerprint density at radius 2 is 0.939 bits per heavy atom. The first-order chi connectivity index (χ1) is 16.1. The van der Waals surface area contributed by atoms with Crippen LogP contribution in [-0.2, 0) is 12.8 Å². The van der Waals surface area contributed by atoms with Crippen molar-refractivity contribution < 1.29 is 0 Å². The summed E-state index contributed by atoms with van der Waals surface area (Å²) in [7, 11) is -2.10. The fourth-order valence-corrected chi connectivity index (χ4v) is 10.0. The van der Waals surface area contributed by atoms with Crippen LogP contribution in [0.2, 0.25) is 13.1 Å². The molecule has 0 heterocycles. The van der Waals surface area contributed by atoms with Crippen molar-refractivity contribution in [2.24, 2.45) is 0 Å². The van der Waals surface area contributed by atoms with Crippen LogP contribution in [0.25, 0.3) is 34.4 Å². The maximum Gasteiger partial charge on any atom is 0.114 e. The first-order valence-electron chi connectivity index (χ1n) is 11.9. The molecule has 2 aliphatic carbocycles. The number of allylic oxidation sites excluding steroid dienone is 2. The molecule has 2 aliphatic rings. The highest BCUT2D eigenvalue weighted by molar-refractivity contribution is 7.02. The molecule has 33 heavy (non-hydrogen) atoms. The third-order valence-corrected chi connectivity index (χ3v) is 11.0. The smallest absolute Gasteiger partial charge is 0.0795 e. The molecule has 0 saturated heterocycles. The Kier molecular flexibility index (Phi) is 4.81. The van der Waals surface area contributed by atoms with Crippen molar-refractivity contribution in [1.29, 1.82) is 0 Å². The highest BCUT2D eigenvalue weighted by atomic mass is 28.3. The van der Waals surface area contributed by atoms with Gasteiger partial charge in [-0.15, -0.1) is 0 Å². The third-order valence-electron chi connectivity index (χ3n) is 7.36. The first-order valence-corrected chi connectivity index (χ1v) is 14.9. The molecule has 0 N–H and O–H groups in total. The molecule has 0 aromatic heterocycles. The predicted molar refractivity (Wildman–Crippen MR) is 146 cm³/mol. The summed E-state index contributed by atoms with van der Waals surface area (Å²) >= 11 is 0. The maximum absolute atomic E-state index is 2.58. The molecule has 4 aromatic rings. The topological polar surface area (TPSA) is 0 Å². The van der Waals surface area contributed by atoms with E-state index in [0.717, 1.165) is 12.8 Å². The summed E-state index contributed by atoms with van der Waals surface area (Å²) in [5.41, 5.74) is 11.4. The van der Waals surface area contributed by atoms with Crippen LogP contribution < -0.4 is 10.4 Å². The van der Waals surface area contributed by atoms with Crippen LogP contribution in [-0.4, -0.2) is 8.07 Å². The molecule has 0 nitrogen and oxygen atoms in total. The van der Waals surface area contributed by atoms with E-state index in [-0.39, 0.29) is 0 Å². The van der Waals surface area contributed by atoms with Gasteiger partial charge in [-0.25, -0.2) is 0 Å². The van der Waals surface area contributed by atoms with Crippen molar-refractivity contribution in [3.05, 3.63) is 119 Å². The van der Waals surface area contributed by atoms with Crippen molar-refractivity contribution in [3.8, 4) is 22.3 Å². The Bertz CT molecular complexity index is 1300. The molecule has 4 aromatic carbocycles. The fraction of sp³-hybridized carbons (Fsp3) is 0.125. The zero-order valence-corrected chi connectivity index (χ0v) is 20.3. The fourth-order valence-electron chi connectivity index (χ4n) is 5.96. The lowest BCUT2D eigenvalue weighted by atomic mass is 9.99. The van der Waals surface area contributed by atoms with Gasteiger partial charge < -0.3 is 0 Å². The van der Waals surface area contributed by atoms with Crippen LogP contribution in [0.15, 0.2) is 97.1 Å². The van der Waals surface area contributed by atoms with E-state index in [1.807, 2.05) is 0 Å². The van der Waals surface area contributed by atoms with Crippen molar-refractivity contribution in [2.75, 3.05) is 0 Å². The molecule has 0 spiro atoms. The van der Waals surface area contributed by atoms with Gasteiger partial charge in [-0.1, -0.05) is 122 Å². The summed E-state index contributed by atoms with van der Waals surface area (Å²) < 4.78 is 0. The average Bonchev–Trinajstić information content (AvgIpc) is 3.53. The van der Waals surface area contributed by atoms with Crippen LogP contribution >= 0.6 is 0 Å². The summed E-state index contributed by atoms with van der Waals surface area (Å²) in [5, 5.41) is 3.21. The molecule has 0 radical (unpaired) electrons. The largest absolute Gasteiger partial charge is 0.114 e. The molecule has 1 heteroatoms. The monoisotopic (exact) mass is 440 g/mol. The van der Waals surface area contributed by atoms with Crippen molar-refractivity contribution in [1.82, 2.24) is 0 Å². The highest BCUT2D eigenvalue weighted by Crippen LogP contribution is 2.33. The van der Waals surface area contributed by atoms with Gasteiger partial charge in [0.1, 0.15) is 8.07 Å². The summed E-state index contributed by atoms with van der Waals surface area (Å²) in [6.07, 6.45) is 11.4. The number of fused-ring (bicyclic) bond motifs is 2. The van der Waals surface area contributed by atoms with E-state index in [0.29, 0.717) is 0 Å². The zero-order valence-electron chi connectivity index (χ0n) is 19.3. The SMILES string of the molecule is C[Si](C)(c1c(-c2ccccc2)ccc2c1CC=C2)c1c(-c2ccccc2)ccc2c1CC=C2. The molecule has 0 fully saturated rings. The van der Waals surface area contributed by atoms with E-state index in [1.54, 1.807) is 10.4 Å². The molecule has 6 rings (SSSR count). The van der Waals surface area contributed by atoms with Gasteiger partial charge in [0.25, 0.3) is 0 Å². The third kappa shape index (κ3) is 3.27. The highest BCUT2D eigenvalue weighted by Gasteiger charge is 2.37. The minimum atomic E-state index is -2.10. The number of hydrogen-bond acceptors (Lipinski definition) is 0. The second-order valence-corrected chi connectivity index (χ2v) is 13.9. The Morgan fingerprint density at radius 1 is 0.515 bits per heavy atom. The molecular formula is C32H28Si. The second kappa shape index (κ2) is 7.86. The normalized spacial score (nSPS) is 13.9. The van der Waals surface area contributed by atoms with E-state index in [2.05, 4.69) is 122 Å². The number of benzene rings is 4. The molecule has 0 aliphatic heterocycles. The van der Waals surface area contributed by atoms with Crippen LogP contribution in [0, 0.1) is 0 Å². The van der Waals surface area contributed by atoms with Crippen LogP contribution in [0.3, 0.4) is 0 Å². The summed E-state index contributed by atoms with van der Waals surface area (Å²) in [6, 6.07) is 31.4. The summed E-state index contributed by atoms with van der Waals surface area (Å²) in [4.78, 5) is 0. The van der Waals surface area contributed by atoms with Crippen LogP contribution in [0.5, 0.6) is 0 Å². The van der Waals surface area contributed by atoms with Gasteiger partial charge in [0.2, 0.25) is 0 Å². The van der Waals surface area contributed by atoms with Crippen molar-refractivity contribution in [3.63, 3.8) is 0 Å². The van der Waals surface area contributed by atoms with E-state index in [9.17, 15) is 0 Å². The van der Waals surface area contributed by atoms with Crippen molar-refractivity contribution >= 4 is 30.6 Å². The molecule has 0 saturated carbocycles. The lowest BCUT2D eigenvalue weighted by Gasteiger charge is -2.33. The second-order valence-electron chi connectivity index (χ2n) is 9.68. The van der Waals surface area contributed by atoms with Gasteiger partial charge >= 0.3 is 0 Å².